The molecule has 0 aliphatic rings. The molecule has 0 atom stereocenters. The van der Waals surface area contributed by atoms with Gasteiger partial charge in [-0.25, -0.2) is 19.3 Å². The van der Waals surface area contributed by atoms with Gasteiger partial charge in [0.15, 0.2) is 17.3 Å². The molecule has 0 aliphatic carbocycles. The predicted molar refractivity (Wildman–Crippen MR) is 134 cm³/mol. The standard InChI is InChI=1S/C26H24N4O6/c1-3-35-24-14-18(8-10-19-15-21(26(31)32)20-6-4-5-7-22(20)28-19)9-11-23(24)36-13-12-29-17(2)27-16-25(29)30(33)34/h4-11,14-16H,3,12-13H2,1-2H3,(H,31,32). The Morgan fingerprint density at radius 1 is 1.14 bits per heavy atom. The van der Waals surface area contributed by atoms with Crippen LogP contribution < -0.4 is 9.47 Å². The third-order valence-electron chi connectivity index (χ3n) is 5.47. The summed E-state index contributed by atoms with van der Waals surface area (Å²) in [5.41, 5.74) is 2.11. The van der Waals surface area contributed by atoms with Gasteiger partial charge in [-0.05, 0) is 47.8 Å². The highest BCUT2D eigenvalue weighted by Crippen LogP contribution is 2.30. The summed E-state index contributed by atoms with van der Waals surface area (Å²) in [5.74, 6) is 0.458. The third-order valence-corrected chi connectivity index (χ3v) is 5.47. The molecule has 10 heteroatoms. The number of ether oxygens (including phenoxy) is 2. The molecule has 2 heterocycles. The van der Waals surface area contributed by atoms with E-state index >= 15 is 0 Å². The van der Waals surface area contributed by atoms with E-state index < -0.39 is 10.9 Å². The van der Waals surface area contributed by atoms with Gasteiger partial charge in [-0.1, -0.05) is 30.3 Å². The van der Waals surface area contributed by atoms with E-state index in [9.17, 15) is 20.0 Å². The van der Waals surface area contributed by atoms with Crippen LogP contribution in [-0.2, 0) is 6.54 Å². The molecule has 0 fully saturated rings. The lowest BCUT2D eigenvalue weighted by molar-refractivity contribution is -0.392. The minimum atomic E-state index is -1.01. The molecular weight excluding hydrogens is 464 g/mol. The second-order valence-electron chi connectivity index (χ2n) is 7.81. The van der Waals surface area contributed by atoms with E-state index in [2.05, 4.69) is 9.97 Å². The number of aryl methyl sites for hydroxylation is 1. The van der Waals surface area contributed by atoms with Crippen LogP contribution in [0.15, 0.2) is 54.7 Å². The first-order valence-corrected chi connectivity index (χ1v) is 11.2. The summed E-state index contributed by atoms with van der Waals surface area (Å²) >= 11 is 0. The number of carbonyl (C=O) groups is 1. The van der Waals surface area contributed by atoms with Crippen molar-refractivity contribution in [2.45, 2.75) is 20.4 Å². The Labute approximate surface area is 206 Å². The number of fused-ring (bicyclic) bond motifs is 1. The van der Waals surface area contributed by atoms with E-state index in [0.717, 1.165) is 5.56 Å². The zero-order chi connectivity index (χ0) is 25.7. The Kier molecular flexibility index (Phi) is 7.24. The molecule has 2 aromatic carbocycles. The molecule has 0 radical (unpaired) electrons. The Balaban J connectivity index is 1.53. The fourth-order valence-corrected chi connectivity index (χ4v) is 3.78. The number of imidazole rings is 1. The molecule has 0 unspecified atom stereocenters. The van der Waals surface area contributed by atoms with Crippen LogP contribution in [0.5, 0.6) is 11.5 Å². The van der Waals surface area contributed by atoms with Gasteiger partial charge in [0, 0.05) is 12.3 Å². The number of carboxylic acid groups (broad SMARTS) is 1. The first kappa shape index (κ1) is 24.4. The fourth-order valence-electron chi connectivity index (χ4n) is 3.78. The Hall–Kier alpha value is -4.73. The normalized spacial score (nSPS) is 11.2. The van der Waals surface area contributed by atoms with Crippen LogP contribution in [0.25, 0.3) is 23.1 Å². The summed E-state index contributed by atoms with van der Waals surface area (Å²) in [6.07, 6.45) is 4.78. The van der Waals surface area contributed by atoms with Crippen molar-refractivity contribution in [3.05, 3.63) is 87.5 Å². The van der Waals surface area contributed by atoms with Gasteiger partial charge >= 0.3 is 11.8 Å². The van der Waals surface area contributed by atoms with Gasteiger partial charge in [-0.15, -0.1) is 0 Å². The number of aromatic carboxylic acids is 1. The van der Waals surface area contributed by atoms with Gasteiger partial charge in [-0.2, -0.15) is 0 Å². The van der Waals surface area contributed by atoms with Gasteiger partial charge in [0.25, 0.3) is 0 Å². The first-order chi connectivity index (χ1) is 17.4. The highest BCUT2D eigenvalue weighted by Gasteiger charge is 2.17. The number of hydrogen-bond acceptors (Lipinski definition) is 7. The summed E-state index contributed by atoms with van der Waals surface area (Å²) in [7, 11) is 0. The maximum atomic E-state index is 11.7. The van der Waals surface area contributed by atoms with Crippen molar-refractivity contribution in [3.8, 4) is 11.5 Å². The number of pyridine rings is 1. The largest absolute Gasteiger partial charge is 0.490 e. The van der Waals surface area contributed by atoms with E-state index in [4.69, 9.17) is 9.47 Å². The monoisotopic (exact) mass is 488 g/mol. The molecule has 36 heavy (non-hydrogen) atoms. The maximum Gasteiger partial charge on any atom is 0.342 e. The minimum Gasteiger partial charge on any atom is -0.490 e. The topological polar surface area (TPSA) is 130 Å². The van der Waals surface area contributed by atoms with Crippen molar-refractivity contribution >= 4 is 34.8 Å². The summed E-state index contributed by atoms with van der Waals surface area (Å²) in [6.45, 7) is 4.42. The number of rotatable bonds is 10. The summed E-state index contributed by atoms with van der Waals surface area (Å²) in [4.78, 5) is 30.9. The van der Waals surface area contributed by atoms with E-state index in [-0.39, 0.29) is 24.5 Å². The van der Waals surface area contributed by atoms with Gasteiger partial charge in [0.1, 0.15) is 19.3 Å². The van der Waals surface area contributed by atoms with Gasteiger partial charge in [-0.3, -0.25) is 0 Å². The second-order valence-corrected chi connectivity index (χ2v) is 7.81. The number of aromatic nitrogens is 3. The molecule has 0 aliphatic heterocycles. The van der Waals surface area contributed by atoms with Gasteiger partial charge in [0.2, 0.25) is 0 Å². The van der Waals surface area contributed by atoms with Gasteiger partial charge in [0.05, 0.1) is 23.4 Å². The maximum absolute atomic E-state index is 11.7. The number of benzene rings is 2. The molecule has 4 rings (SSSR count). The number of para-hydroxylation sites is 1. The molecule has 1 N–H and O–H groups in total. The van der Waals surface area contributed by atoms with Crippen molar-refractivity contribution in [1.82, 2.24) is 14.5 Å². The molecule has 0 saturated carbocycles. The zero-order valence-corrected chi connectivity index (χ0v) is 19.7. The second kappa shape index (κ2) is 10.7. The van der Waals surface area contributed by atoms with Crippen LogP contribution in [0.1, 0.15) is 34.4 Å². The average molecular weight is 489 g/mol. The lowest BCUT2D eigenvalue weighted by atomic mass is 10.1. The van der Waals surface area contributed by atoms with Crippen molar-refractivity contribution in [3.63, 3.8) is 0 Å². The molecule has 0 bridgehead atoms. The molecule has 0 saturated heterocycles. The molecule has 0 spiro atoms. The molecule has 4 aromatic rings. The average Bonchev–Trinajstić information content (AvgIpc) is 3.24. The van der Waals surface area contributed by atoms with E-state index in [0.29, 0.717) is 40.5 Å². The smallest absolute Gasteiger partial charge is 0.342 e. The van der Waals surface area contributed by atoms with E-state index in [1.807, 2.05) is 25.1 Å². The molecule has 2 aromatic heterocycles. The van der Waals surface area contributed by atoms with Crippen LogP contribution in [0.3, 0.4) is 0 Å². The van der Waals surface area contributed by atoms with Crippen molar-refractivity contribution < 1.29 is 24.3 Å². The summed E-state index contributed by atoms with van der Waals surface area (Å²) < 4.78 is 13.1. The Morgan fingerprint density at radius 2 is 1.94 bits per heavy atom. The Bertz CT molecular complexity index is 1460. The number of carboxylic acids is 1. The fraction of sp³-hybridized carbons (Fsp3) is 0.192. The van der Waals surface area contributed by atoms with Crippen LogP contribution in [0.2, 0.25) is 0 Å². The minimum absolute atomic E-state index is 0.0880. The van der Waals surface area contributed by atoms with Crippen LogP contribution >= 0.6 is 0 Å². The number of hydrogen-bond donors (Lipinski definition) is 1. The van der Waals surface area contributed by atoms with Gasteiger partial charge < -0.3 is 24.7 Å². The summed E-state index contributed by atoms with van der Waals surface area (Å²) in [5, 5.41) is 21.3. The molecule has 0 amide bonds. The van der Waals surface area contributed by atoms with Crippen molar-refractivity contribution in [2.24, 2.45) is 0 Å². The SMILES string of the molecule is CCOc1cc(C=Cc2cc(C(=O)O)c3ccccc3n2)ccc1OCCn1c([N+](=O)[O-])cnc1C. The van der Waals surface area contributed by atoms with Crippen LogP contribution in [0, 0.1) is 17.0 Å². The summed E-state index contributed by atoms with van der Waals surface area (Å²) in [6, 6.07) is 14.0. The zero-order valence-electron chi connectivity index (χ0n) is 19.7. The van der Waals surface area contributed by atoms with Crippen molar-refractivity contribution in [2.75, 3.05) is 13.2 Å². The molecule has 10 nitrogen and oxygen atoms in total. The Morgan fingerprint density at radius 3 is 2.69 bits per heavy atom. The molecule has 184 valence electrons. The van der Waals surface area contributed by atoms with E-state index in [1.54, 1.807) is 49.4 Å². The lowest BCUT2D eigenvalue weighted by Gasteiger charge is -2.12. The van der Waals surface area contributed by atoms with Crippen LogP contribution in [-0.4, -0.2) is 43.7 Å². The van der Waals surface area contributed by atoms with Crippen molar-refractivity contribution in [1.29, 1.82) is 0 Å². The lowest BCUT2D eigenvalue weighted by Crippen LogP contribution is -2.12. The first-order valence-electron chi connectivity index (χ1n) is 11.2. The number of nitrogens with zero attached hydrogens (tertiary/aromatic N) is 4. The quantitative estimate of drug-likeness (QED) is 0.244. The number of nitro groups is 1. The molecular formula is C26H24N4O6. The highest BCUT2D eigenvalue weighted by molar-refractivity contribution is 6.03. The van der Waals surface area contributed by atoms with E-state index in [1.165, 1.54) is 10.8 Å². The predicted octanol–water partition coefficient (Wildman–Crippen LogP) is 4.99. The highest BCUT2D eigenvalue weighted by atomic mass is 16.6. The third kappa shape index (κ3) is 5.33. The van der Waals surface area contributed by atoms with Crippen LogP contribution in [0.4, 0.5) is 5.82 Å².